The number of alkyl halides is 6. The van der Waals surface area contributed by atoms with Crippen molar-refractivity contribution in [3.63, 3.8) is 0 Å². The molecule has 1 saturated carbocycles. The number of aliphatic hydroxyl groups excluding tert-OH is 1. The summed E-state index contributed by atoms with van der Waals surface area (Å²) in [6.07, 6.45) is 2.32. The number of ketones is 1. The van der Waals surface area contributed by atoms with Crippen molar-refractivity contribution in [2.24, 2.45) is 0 Å². The van der Waals surface area contributed by atoms with Crippen LogP contribution in [0.1, 0.15) is 25.7 Å². The number of carbonyl (C=O) groups excluding carboxylic acids is 1. The van der Waals surface area contributed by atoms with Crippen molar-refractivity contribution in [2.45, 2.75) is 38.0 Å². The van der Waals surface area contributed by atoms with Gasteiger partial charge in [0.05, 0.1) is 0 Å². The monoisotopic (exact) mass is 419 g/mol. The van der Waals surface area contributed by atoms with Gasteiger partial charge in [0.2, 0.25) is 5.76 Å². The summed E-state index contributed by atoms with van der Waals surface area (Å²) < 4.78 is 68.1. The summed E-state index contributed by atoms with van der Waals surface area (Å²) in [6, 6.07) is 0. The summed E-state index contributed by atoms with van der Waals surface area (Å²) in [4.78, 5) is 9.86. The average molecular weight is 419 g/mol. The Labute approximate surface area is 137 Å². The summed E-state index contributed by atoms with van der Waals surface area (Å²) in [5, 5.41) is 7.93. The molecule has 0 aromatic carbocycles. The molecule has 0 amide bonds. The Bertz CT molecular complexity index is 325. The van der Waals surface area contributed by atoms with Crippen LogP contribution in [-0.4, -0.2) is 23.2 Å². The van der Waals surface area contributed by atoms with Crippen LogP contribution >= 0.6 is 0 Å². The van der Waals surface area contributed by atoms with Gasteiger partial charge in [-0.2, -0.15) is 26.3 Å². The van der Waals surface area contributed by atoms with Gasteiger partial charge in [0, 0.05) is 25.6 Å². The van der Waals surface area contributed by atoms with Gasteiger partial charge < -0.3 is 5.11 Å². The molecule has 0 heterocycles. The first-order valence-electron chi connectivity index (χ1n) is 5.94. The van der Waals surface area contributed by atoms with Gasteiger partial charge in [0.25, 0.3) is 5.78 Å². The van der Waals surface area contributed by atoms with Gasteiger partial charge in [-0.3, -0.25) is 4.79 Å². The van der Waals surface area contributed by atoms with Crippen molar-refractivity contribution >= 4 is 5.78 Å². The molecule has 0 bridgehead atoms. The molecule has 129 valence electrons. The number of carbonyl (C=O) groups is 1. The minimum absolute atomic E-state index is 0. The van der Waals surface area contributed by atoms with Gasteiger partial charge in [0.15, 0.2) is 0 Å². The van der Waals surface area contributed by atoms with Crippen molar-refractivity contribution in [2.75, 3.05) is 0 Å². The Hall–Kier alpha value is -0.587. The second-order valence-corrected chi connectivity index (χ2v) is 3.99. The van der Waals surface area contributed by atoms with E-state index >= 15 is 0 Å². The fourth-order valence-corrected chi connectivity index (χ4v) is 1.14. The molecule has 0 aromatic rings. The van der Waals surface area contributed by atoms with Crippen LogP contribution in [0.4, 0.5) is 26.3 Å². The number of rotatable bonds is 1. The maximum absolute atomic E-state index is 11.4. The zero-order valence-corrected chi connectivity index (χ0v) is 12.8. The molecule has 2 nitrogen and oxygen atoms in total. The minimum Gasteiger partial charge on any atom is -0.504 e. The van der Waals surface area contributed by atoms with Crippen LogP contribution in [0.15, 0.2) is 11.8 Å². The summed E-state index contributed by atoms with van der Waals surface area (Å²) in [5.74, 6) is -5.34. The van der Waals surface area contributed by atoms with Crippen LogP contribution in [0.3, 0.4) is 0 Å². The average Bonchev–Trinajstić information content (AvgIpc) is 2.25. The maximum Gasteiger partial charge on any atom is 0.454 e. The molecule has 1 aliphatic rings. The molecular formula is C13H14F6O2Rh. The molecule has 5 radical (unpaired) electrons. The second kappa shape index (κ2) is 11.0. The largest absolute Gasteiger partial charge is 0.504 e. The van der Waals surface area contributed by atoms with Crippen LogP contribution in [0.25, 0.3) is 0 Å². The van der Waals surface area contributed by atoms with E-state index in [0.717, 1.165) is 0 Å². The fraction of sp³-hybridized carbons (Fsp3) is 0.462. The van der Waals surface area contributed by atoms with E-state index in [1.54, 1.807) is 0 Å². The molecule has 0 spiro atoms. The van der Waals surface area contributed by atoms with Gasteiger partial charge in [0.1, 0.15) is 0 Å². The predicted octanol–water partition coefficient (Wildman–Crippen LogP) is 4.50. The number of aliphatic hydroxyl groups is 1. The van der Waals surface area contributed by atoms with E-state index < -0.39 is 30.0 Å². The first kappa shape index (κ1) is 23.7. The van der Waals surface area contributed by atoms with Crippen molar-refractivity contribution in [1.82, 2.24) is 0 Å². The summed E-state index contributed by atoms with van der Waals surface area (Å²) in [5.41, 5.74) is 0. The molecule has 0 aliphatic heterocycles. The first-order chi connectivity index (χ1) is 9.55. The molecule has 1 fully saturated rings. The number of hydrogen-bond acceptors (Lipinski definition) is 2. The quantitative estimate of drug-likeness (QED) is 0.294. The van der Waals surface area contributed by atoms with Crippen molar-refractivity contribution in [1.29, 1.82) is 0 Å². The Balaban J connectivity index is 0. The topological polar surface area (TPSA) is 37.3 Å². The molecule has 1 N–H and O–H groups in total. The third-order valence-corrected chi connectivity index (χ3v) is 2.17. The van der Waals surface area contributed by atoms with E-state index in [0.29, 0.717) is 0 Å². The van der Waals surface area contributed by atoms with Crippen LogP contribution < -0.4 is 0 Å². The first-order valence-corrected chi connectivity index (χ1v) is 5.94. The second-order valence-electron chi connectivity index (χ2n) is 3.99. The molecule has 1 rings (SSSR count). The minimum atomic E-state index is -5.42. The molecule has 22 heavy (non-hydrogen) atoms. The maximum atomic E-state index is 11.4. The van der Waals surface area contributed by atoms with E-state index in [2.05, 4.69) is 25.7 Å². The fourth-order valence-electron chi connectivity index (χ4n) is 1.14. The smallest absolute Gasteiger partial charge is 0.454 e. The van der Waals surface area contributed by atoms with Crippen LogP contribution in [0.5, 0.6) is 0 Å². The third-order valence-electron chi connectivity index (χ3n) is 2.17. The molecule has 0 unspecified atom stereocenters. The van der Waals surface area contributed by atoms with Crippen LogP contribution in [-0.2, 0) is 24.3 Å². The Kier molecular flexibility index (Phi) is 11.9. The van der Waals surface area contributed by atoms with Crippen molar-refractivity contribution in [3.8, 4) is 0 Å². The van der Waals surface area contributed by atoms with E-state index in [-0.39, 0.29) is 19.5 Å². The molecular weight excluding hydrogens is 405 g/mol. The Morgan fingerprint density at radius 3 is 1.36 bits per heavy atom. The predicted molar refractivity (Wildman–Crippen MR) is 63.5 cm³/mol. The van der Waals surface area contributed by atoms with Gasteiger partial charge in [-0.05, 0) is 51.4 Å². The number of allylic oxidation sites excluding steroid dienone is 2. The van der Waals surface area contributed by atoms with E-state index in [1.807, 2.05) is 0 Å². The van der Waals surface area contributed by atoms with E-state index in [1.165, 1.54) is 25.7 Å². The molecule has 0 aromatic heterocycles. The summed E-state index contributed by atoms with van der Waals surface area (Å²) in [6.45, 7) is 0. The third kappa shape index (κ3) is 12.0. The number of halogens is 6. The van der Waals surface area contributed by atoms with Crippen molar-refractivity contribution in [3.05, 3.63) is 37.5 Å². The zero-order chi connectivity index (χ0) is 16.5. The molecule has 9 heteroatoms. The number of hydrogen-bond donors (Lipinski definition) is 1. The van der Waals surface area contributed by atoms with Gasteiger partial charge in [-0.1, -0.05) is 0 Å². The van der Waals surface area contributed by atoms with Gasteiger partial charge in [-0.25, -0.2) is 0 Å². The van der Waals surface area contributed by atoms with Crippen LogP contribution in [0, 0.1) is 25.7 Å². The van der Waals surface area contributed by atoms with E-state index in [4.69, 9.17) is 5.11 Å². The van der Waals surface area contributed by atoms with E-state index in [9.17, 15) is 31.1 Å². The molecule has 0 atom stereocenters. The summed E-state index contributed by atoms with van der Waals surface area (Å²) in [7, 11) is 0. The standard InChI is InChI=1S/C8H12.C5H2F6O2.Rh/c1-2-4-6-8-7-5-3-1;6-4(7,8)2(12)1-3(13)5(9,10)11;/h1-2,7-8H,3-6H2;1,12H;/b;2-1-;. The normalized spacial score (nSPS) is 17.3. The van der Waals surface area contributed by atoms with Crippen molar-refractivity contribution < 1.29 is 55.7 Å². The Morgan fingerprint density at radius 2 is 1.14 bits per heavy atom. The van der Waals surface area contributed by atoms with Gasteiger partial charge >= 0.3 is 12.4 Å². The van der Waals surface area contributed by atoms with Gasteiger partial charge in [-0.15, -0.1) is 0 Å². The SMILES string of the molecule is O=C(/C=C(\O)C(F)(F)F)C(F)(F)F.[CH]1[CH]CC[CH][CH]CC1.[Rh]. The van der Waals surface area contributed by atoms with Crippen LogP contribution in [0.2, 0.25) is 0 Å². The zero-order valence-electron chi connectivity index (χ0n) is 11.2. The Morgan fingerprint density at radius 1 is 0.818 bits per heavy atom. The molecule has 0 saturated heterocycles. The molecule has 1 aliphatic carbocycles. The summed E-state index contributed by atoms with van der Waals surface area (Å²) >= 11 is 0.